The zero-order valence-electron chi connectivity index (χ0n) is 20.2. The molecule has 2 heterocycles. The van der Waals surface area contributed by atoms with Gasteiger partial charge in [-0.25, -0.2) is 4.79 Å². The van der Waals surface area contributed by atoms with E-state index in [-0.39, 0.29) is 30.6 Å². The Labute approximate surface area is 210 Å². The van der Waals surface area contributed by atoms with Crippen molar-refractivity contribution in [3.8, 4) is 5.69 Å². The minimum Gasteiger partial charge on any atom is -0.316 e. The average molecular weight is 477 g/mol. The molecular formula is C30H28N4O2. The van der Waals surface area contributed by atoms with Gasteiger partial charge in [-0.2, -0.15) is 0 Å². The molecule has 1 aromatic heterocycles. The summed E-state index contributed by atoms with van der Waals surface area (Å²) < 4.78 is 2.15. The fourth-order valence-corrected chi connectivity index (χ4v) is 5.11. The fraction of sp³-hybridized carbons (Fsp3) is 0.200. The van der Waals surface area contributed by atoms with Crippen LogP contribution in [0.2, 0.25) is 0 Å². The van der Waals surface area contributed by atoms with Crippen molar-refractivity contribution in [2.24, 2.45) is 0 Å². The zero-order chi connectivity index (χ0) is 24.6. The van der Waals surface area contributed by atoms with Crippen LogP contribution in [0.3, 0.4) is 0 Å². The topological polar surface area (TPSA) is 57.6 Å². The van der Waals surface area contributed by atoms with Crippen LogP contribution in [0.1, 0.15) is 35.7 Å². The van der Waals surface area contributed by atoms with Crippen LogP contribution in [0.5, 0.6) is 0 Å². The lowest BCUT2D eigenvalue weighted by Crippen LogP contribution is -2.48. The van der Waals surface area contributed by atoms with Gasteiger partial charge in [-0.1, -0.05) is 54.6 Å². The van der Waals surface area contributed by atoms with Gasteiger partial charge in [0.2, 0.25) is 5.91 Å². The molecule has 36 heavy (non-hydrogen) atoms. The number of nitrogens with one attached hydrogen (secondary N) is 1. The van der Waals surface area contributed by atoms with Gasteiger partial charge in [0, 0.05) is 17.9 Å². The monoisotopic (exact) mass is 476 g/mol. The van der Waals surface area contributed by atoms with Crippen molar-refractivity contribution < 1.29 is 9.59 Å². The number of rotatable bonds is 5. The summed E-state index contributed by atoms with van der Waals surface area (Å²) in [5.41, 5.74) is 5.66. The van der Waals surface area contributed by atoms with Crippen molar-refractivity contribution in [1.29, 1.82) is 0 Å². The third kappa shape index (κ3) is 4.05. The largest absolute Gasteiger partial charge is 0.322 e. The summed E-state index contributed by atoms with van der Waals surface area (Å²) >= 11 is 0. The number of benzene rings is 3. The SMILES string of the molecule is Cc1cccc(NC(=O)N(CC(=O)N2c3ccccc3-n3cccc3C2c2ccccc2)C2CC2)c1. The van der Waals surface area contributed by atoms with E-state index in [2.05, 4.69) is 28.1 Å². The number of para-hydroxylation sites is 2. The molecule has 1 saturated carbocycles. The Morgan fingerprint density at radius 1 is 0.889 bits per heavy atom. The van der Waals surface area contributed by atoms with Gasteiger partial charge in [0.15, 0.2) is 0 Å². The first-order valence-corrected chi connectivity index (χ1v) is 12.4. The van der Waals surface area contributed by atoms with E-state index in [1.165, 1.54) is 0 Å². The van der Waals surface area contributed by atoms with Gasteiger partial charge in [-0.3, -0.25) is 9.69 Å². The van der Waals surface area contributed by atoms with Crippen molar-refractivity contribution in [3.63, 3.8) is 0 Å². The highest BCUT2D eigenvalue weighted by molar-refractivity contribution is 6.01. The number of fused-ring (bicyclic) bond motifs is 3. The number of nitrogens with zero attached hydrogens (tertiary/aromatic N) is 3. The highest BCUT2D eigenvalue weighted by Gasteiger charge is 2.40. The van der Waals surface area contributed by atoms with Crippen molar-refractivity contribution in [2.45, 2.75) is 31.8 Å². The van der Waals surface area contributed by atoms with E-state index in [1.54, 1.807) is 4.90 Å². The van der Waals surface area contributed by atoms with E-state index in [4.69, 9.17) is 0 Å². The van der Waals surface area contributed by atoms with E-state index in [9.17, 15) is 9.59 Å². The Morgan fingerprint density at radius 3 is 2.39 bits per heavy atom. The Hall–Kier alpha value is -4.32. The molecule has 0 bridgehead atoms. The van der Waals surface area contributed by atoms with E-state index in [0.717, 1.165) is 46.7 Å². The molecule has 1 aliphatic carbocycles. The molecule has 3 aromatic carbocycles. The molecule has 1 N–H and O–H groups in total. The summed E-state index contributed by atoms with van der Waals surface area (Å²) in [6, 6.07) is 29.4. The molecule has 1 unspecified atom stereocenters. The molecule has 0 radical (unpaired) electrons. The lowest BCUT2D eigenvalue weighted by Gasteiger charge is -2.39. The summed E-state index contributed by atoms with van der Waals surface area (Å²) in [6.45, 7) is 2.01. The predicted octanol–water partition coefficient (Wildman–Crippen LogP) is 5.92. The summed E-state index contributed by atoms with van der Waals surface area (Å²) in [5.74, 6) is -0.102. The Kier molecular flexibility index (Phi) is 5.56. The highest BCUT2D eigenvalue weighted by atomic mass is 16.2. The average Bonchev–Trinajstić information content (AvgIpc) is 3.61. The molecule has 6 nitrogen and oxygen atoms in total. The number of carbonyl (C=O) groups is 2. The highest BCUT2D eigenvalue weighted by Crippen LogP contribution is 2.42. The molecule has 0 saturated heterocycles. The van der Waals surface area contributed by atoms with E-state index >= 15 is 0 Å². The number of hydrogen-bond donors (Lipinski definition) is 1. The molecule has 3 amide bonds. The van der Waals surface area contributed by atoms with Gasteiger partial charge in [-0.15, -0.1) is 0 Å². The predicted molar refractivity (Wildman–Crippen MR) is 141 cm³/mol. The zero-order valence-corrected chi connectivity index (χ0v) is 20.2. The van der Waals surface area contributed by atoms with Crippen molar-refractivity contribution >= 4 is 23.3 Å². The van der Waals surface area contributed by atoms with Crippen molar-refractivity contribution in [3.05, 3.63) is 114 Å². The van der Waals surface area contributed by atoms with Gasteiger partial charge in [0.05, 0.1) is 17.1 Å². The first kappa shape index (κ1) is 22.2. The van der Waals surface area contributed by atoms with E-state index in [1.807, 2.05) is 90.8 Å². The lowest BCUT2D eigenvalue weighted by atomic mass is 9.97. The number of aryl methyl sites for hydroxylation is 1. The summed E-state index contributed by atoms with van der Waals surface area (Å²) in [7, 11) is 0. The number of anilines is 2. The minimum absolute atomic E-state index is 0.0146. The Morgan fingerprint density at radius 2 is 1.64 bits per heavy atom. The maximum absolute atomic E-state index is 14.1. The summed E-state index contributed by atoms with van der Waals surface area (Å²) in [6.07, 6.45) is 3.86. The molecule has 1 aliphatic heterocycles. The van der Waals surface area contributed by atoms with Crippen LogP contribution in [-0.4, -0.2) is 34.0 Å². The van der Waals surface area contributed by atoms with Gasteiger partial charge >= 0.3 is 6.03 Å². The molecule has 6 heteroatoms. The molecule has 180 valence electrons. The second-order valence-electron chi connectivity index (χ2n) is 9.53. The van der Waals surface area contributed by atoms with Crippen LogP contribution >= 0.6 is 0 Å². The number of carbonyl (C=O) groups excluding carboxylic acids is 2. The molecular weight excluding hydrogens is 448 g/mol. The number of hydrogen-bond acceptors (Lipinski definition) is 2. The third-order valence-electron chi connectivity index (χ3n) is 6.93. The maximum atomic E-state index is 14.1. The second kappa shape index (κ2) is 9.04. The molecule has 1 atom stereocenters. The standard InChI is InChI=1S/C30H28N4O2/c1-21-9-7-12-23(19-21)31-30(36)33(24-16-17-24)20-28(35)34-26-14-6-5-13-25(26)32-18-8-15-27(32)29(34)22-10-3-2-4-11-22/h2-15,18-19,24,29H,16-17,20H2,1H3,(H,31,36). The molecule has 6 rings (SSSR count). The Balaban J connectivity index is 1.35. The maximum Gasteiger partial charge on any atom is 0.322 e. The van der Waals surface area contributed by atoms with Crippen LogP contribution in [0.4, 0.5) is 16.2 Å². The fourth-order valence-electron chi connectivity index (χ4n) is 5.11. The number of aromatic nitrogens is 1. The second-order valence-corrected chi connectivity index (χ2v) is 9.53. The van der Waals surface area contributed by atoms with E-state index in [0.29, 0.717) is 0 Å². The lowest BCUT2D eigenvalue weighted by molar-refractivity contribution is -0.119. The molecule has 2 aliphatic rings. The molecule has 1 fully saturated rings. The van der Waals surface area contributed by atoms with Gasteiger partial charge < -0.3 is 14.8 Å². The van der Waals surface area contributed by atoms with Crippen LogP contribution in [0.15, 0.2) is 97.2 Å². The number of amides is 3. The molecule has 0 spiro atoms. The van der Waals surface area contributed by atoms with Crippen LogP contribution in [-0.2, 0) is 4.79 Å². The van der Waals surface area contributed by atoms with Crippen LogP contribution in [0.25, 0.3) is 5.69 Å². The summed E-state index contributed by atoms with van der Waals surface area (Å²) in [5, 5.41) is 3.00. The first-order valence-electron chi connectivity index (χ1n) is 12.4. The van der Waals surface area contributed by atoms with Gasteiger partial charge in [0.1, 0.15) is 12.6 Å². The Bertz CT molecular complexity index is 1420. The van der Waals surface area contributed by atoms with Gasteiger partial charge in [0.25, 0.3) is 0 Å². The minimum atomic E-state index is -0.288. The number of urea groups is 1. The smallest absolute Gasteiger partial charge is 0.316 e. The van der Waals surface area contributed by atoms with Crippen molar-refractivity contribution in [2.75, 3.05) is 16.8 Å². The van der Waals surface area contributed by atoms with E-state index < -0.39 is 0 Å². The first-order chi connectivity index (χ1) is 17.6. The summed E-state index contributed by atoms with van der Waals surface area (Å²) in [4.78, 5) is 31.0. The third-order valence-corrected chi connectivity index (χ3v) is 6.93. The molecule has 4 aromatic rings. The van der Waals surface area contributed by atoms with Crippen molar-refractivity contribution in [1.82, 2.24) is 9.47 Å². The normalized spacial score (nSPS) is 16.1. The van der Waals surface area contributed by atoms with Crippen LogP contribution < -0.4 is 10.2 Å². The van der Waals surface area contributed by atoms with Crippen LogP contribution in [0, 0.1) is 6.92 Å². The quantitative estimate of drug-likeness (QED) is 0.389. The van der Waals surface area contributed by atoms with Gasteiger partial charge in [-0.05, 0) is 67.3 Å².